The molecule has 1 aromatic heterocycles. The highest BCUT2D eigenvalue weighted by Crippen LogP contribution is 2.24. The zero-order chi connectivity index (χ0) is 14.8. The van der Waals surface area contributed by atoms with E-state index in [4.69, 9.17) is 0 Å². The summed E-state index contributed by atoms with van der Waals surface area (Å²) in [5, 5.41) is 9.49. The zero-order valence-electron chi connectivity index (χ0n) is 12.8. The first-order valence-corrected chi connectivity index (χ1v) is 8.20. The fourth-order valence-electron chi connectivity index (χ4n) is 2.41. The summed E-state index contributed by atoms with van der Waals surface area (Å²) in [4.78, 5) is 16.8. The van der Waals surface area contributed by atoms with Gasteiger partial charge in [-0.15, -0.1) is 11.3 Å². The SMILES string of the molecule is C[C@H]1C[C@@H](C(=O)NCc2nc(C(C)(C)C)cs2)CCN1. The molecule has 1 aromatic rings. The maximum absolute atomic E-state index is 12.2. The minimum atomic E-state index is 0.0726. The lowest BCUT2D eigenvalue weighted by atomic mass is 9.92. The summed E-state index contributed by atoms with van der Waals surface area (Å²) < 4.78 is 0. The van der Waals surface area contributed by atoms with Crippen LogP contribution in [0.25, 0.3) is 0 Å². The summed E-state index contributed by atoms with van der Waals surface area (Å²) in [6.07, 6.45) is 1.86. The molecule has 2 heterocycles. The molecule has 0 aromatic carbocycles. The Morgan fingerprint density at radius 2 is 2.30 bits per heavy atom. The van der Waals surface area contributed by atoms with Crippen molar-refractivity contribution in [1.29, 1.82) is 0 Å². The molecule has 0 aliphatic carbocycles. The zero-order valence-corrected chi connectivity index (χ0v) is 13.6. The Kier molecular flexibility index (Phi) is 4.81. The first kappa shape index (κ1) is 15.4. The van der Waals surface area contributed by atoms with Crippen LogP contribution in [0.4, 0.5) is 0 Å². The van der Waals surface area contributed by atoms with Crippen LogP contribution in [0.1, 0.15) is 51.2 Å². The predicted octanol–water partition coefficient (Wildman–Crippen LogP) is 2.44. The number of amides is 1. The monoisotopic (exact) mass is 295 g/mol. The van der Waals surface area contributed by atoms with Crippen molar-refractivity contribution < 1.29 is 4.79 Å². The Labute approximate surface area is 125 Å². The van der Waals surface area contributed by atoms with Crippen LogP contribution in [0.5, 0.6) is 0 Å². The topological polar surface area (TPSA) is 54.0 Å². The molecule has 2 atom stereocenters. The van der Waals surface area contributed by atoms with E-state index < -0.39 is 0 Å². The van der Waals surface area contributed by atoms with Gasteiger partial charge in [-0.1, -0.05) is 20.8 Å². The average molecular weight is 295 g/mol. The lowest BCUT2D eigenvalue weighted by Crippen LogP contribution is -2.42. The molecule has 1 amide bonds. The van der Waals surface area contributed by atoms with Gasteiger partial charge in [-0.25, -0.2) is 4.98 Å². The van der Waals surface area contributed by atoms with Crippen molar-refractivity contribution in [2.45, 2.75) is 58.5 Å². The maximum Gasteiger partial charge on any atom is 0.223 e. The molecule has 1 aliphatic heterocycles. The Bertz CT molecular complexity index is 464. The first-order chi connectivity index (χ1) is 9.36. The molecule has 0 unspecified atom stereocenters. The molecule has 112 valence electrons. The number of piperidine rings is 1. The number of carbonyl (C=O) groups is 1. The van der Waals surface area contributed by atoms with Gasteiger partial charge in [-0.05, 0) is 26.3 Å². The Morgan fingerprint density at radius 3 is 2.90 bits per heavy atom. The molecule has 0 bridgehead atoms. The Hall–Kier alpha value is -0.940. The molecule has 5 heteroatoms. The van der Waals surface area contributed by atoms with Crippen molar-refractivity contribution in [3.8, 4) is 0 Å². The van der Waals surface area contributed by atoms with E-state index in [0.717, 1.165) is 30.1 Å². The van der Waals surface area contributed by atoms with Gasteiger partial charge in [0.25, 0.3) is 0 Å². The second kappa shape index (κ2) is 6.22. The number of carbonyl (C=O) groups excluding carboxylic acids is 1. The molecule has 1 saturated heterocycles. The molecule has 4 nitrogen and oxygen atoms in total. The van der Waals surface area contributed by atoms with Gasteiger partial charge in [0.15, 0.2) is 0 Å². The smallest absolute Gasteiger partial charge is 0.223 e. The highest BCUT2D eigenvalue weighted by atomic mass is 32.1. The van der Waals surface area contributed by atoms with Crippen LogP contribution in [0, 0.1) is 5.92 Å². The minimum Gasteiger partial charge on any atom is -0.349 e. The fraction of sp³-hybridized carbons (Fsp3) is 0.733. The molecule has 20 heavy (non-hydrogen) atoms. The number of rotatable bonds is 3. The van der Waals surface area contributed by atoms with E-state index in [0.29, 0.717) is 12.6 Å². The molecular weight excluding hydrogens is 270 g/mol. The van der Waals surface area contributed by atoms with Crippen molar-refractivity contribution >= 4 is 17.2 Å². The summed E-state index contributed by atoms with van der Waals surface area (Å²) in [6, 6.07) is 0.437. The summed E-state index contributed by atoms with van der Waals surface area (Å²) in [5.74, 6) is 0.319. The van der Waals surface area contributed by atoms with E-state index in [1.165, 1.54) is 0 Å². The van der Waals surface area contributed by atoms with E-state index in [1.54, 1.807) is 11.3 Å². The molecule has 2 N–H and O–H groups in total. The van der Waals surface area contributed by atoms with E-state index in [-0.39, 0.29) is 17.2 Å². The number of thiazole rings is 1. The van der Waals surface area contributed by atoms with E-state index in [1.807, 2.05) is 0 Å². The van der Waals surface area contributed by atoms with Gasteiger partial charge in [0, 0.05) is 22.8 Å². The van der Waals surface area contributed by atoms with Crippen molar-refractivity contribution in [2.24, 2.45) is 5.92 Å². The van der Waals surface area contributed by atoms with Gasteiger partial charge in [-0.2, -0.15) is 0 Å². The molecular formula is C15H25N3OS. The van der Waals surface area contributed by atoms with Gasteiger partial charge in [0.05, 0.1) is 12.2 Å². The third-order valence-corrected chi connectivity index (χ3v) is 4.58. The van der Waals surface area contributed by atoms with Crippen LogP contribution < -0.4 is 10.6 Å². The number of nitrogens with one attached hydrogen (secondary N) is 2. The van der Waals surface area contributed by atoms with Crippen molar-refractivity contribution in [3.63, 3.8) is 0 Å². The van der Waals surface area contributed by atoms with Gasteiger partial charge in [0.1, 0.15) is 5.01 Å². The quantitative estimate of drug-likeness (QED) is 0.900. The van der Waals surface area contributed by atoms with E-state index in [2.05, 4.69) is 48.7 Å². The van der Waals surface area contributed by atoms with Crippen LogP contribution in [-0.4, -0.2) is 23.5 Å². The Balaban J connectivity index is 1.85. The third-order valence-electron chi connectivity index (χ3n) is 3.73. The summed E-state index contributed by atoms with van der Waals surface area (Å²) in [6.45, 7) is 10.1. The summed E-state index contributed by atoms with van der Waals surface area (Å²) in [5.41, 5.74) is 1.17. The molecule has 0 radical (unpaired) electrons. The van der Waals surface area contributed by atoms with Crippen LogP contribution in [0.2, 0.25) is 0 Å². The Morgan fingerprint density at radius 1 is 1.55 bits per heavy atom. The van der Waals surface area contributed by atoms with Crippen LogP contribution in [0.15, 0.2) is 5.38 Å². The van der Waals surface area contributed by atoms with E-state index >= 15 is 0 Å². The number of hydrogen-bond acceptors (Lipinski definition) is 4. The normalized spacial score (nSPS) is 23.6. The molecule has 1 aliphatic rings. The number of aromatic nitrogens is 1. The maximum atomic E-state index is 12.2. The standard InChI is InChI=1S/C15H25N3OS/c1-10-7-11(5-6-16-10)14(19)17-8-13-18-12(9-20-13)15(2,3)4/h9-11,16H,5-8H2,1-4H3,(H,17,19)/t10-,11-/m0/s1. The van der Waals surface area contributed by atoms with Crippen LogP contribution in [-0.2, 0) is 16.8 Å². The van der Waals surface area contributed by atoms with Crippen LogP contribution in [0.3, 0.4) is 0 Å². The largest absolute Gasteiger partial charge is 0.349 e. The minimum absolute atomic E-state index is 0.0726. The van der Waals surface area contributed by atoms with E-state index in [9.17, 15) is 4.79 Å². The van der Waals surface area contributed by atoms with Gasteiger partial charge in [0.2, 0.25) is 5.91 Å². The molecule has 0 saturated carbocycles. The second-order valence-corrected chi connectivity index (χ2v) is 7.61. The lowest BCUT2D eigenvalue weighted by molar-refractivity contribution is -0.126. The second-order valence-electron chi connectivity index (χ2n) is 6.67. The fourth-order valence-corrected chi connectivity index (χ4v) is 3.37. The molecule has 0 spiro atoms. The predicted molar refractivity (Wildman–Crippen MR) is 82.8 cm³/mol. The van der Waals surface area contributed by atoms with Gasteiger partial charge >= 0.3 is 0 Å². The van der Waals surface area contributed by atoms with Gasteiger partial charge < -0.3 is 10.6 Å². The highest BCUT2D eigenvalue weighted by Gasteiger charge is 2.24. The average Bonchev–Trinajstić information content (AvgIpc) is 2.84. The van der Waals surface area contributed by atoms with Gasteiger partial charge in [-0.3, -0.25) is 4.79 Å². The van der Waals surface area contributed by atoms with Crippen LogP contribution >= 0.6 is 11.3 Å². The van der Waals surface area contributed by atoms with Crippen molar-refractivity contribution in [2.75, 3.05) is 6.54 Å². The summed E-state index contributed by atoms with van der Waals surface area (Å²) in [7, 11) is 0. The first-order valence-electron chi connectivity index (χ1n) is 7.32. The number of nitrogens with zero attached hydrogens (tertiary/aromatic N) is 1. The third kappa shape index (κ3) is 4.03. The molecule has 1 fully saturated rings. The number of hydrogen-bond donors (Lipinski definition) is 2. The van der Waals surface area contributed by atoms with Crippen molar-refractivity contribution in [1.82, 2.24) is 15.6 Å². The summed E-state index contributed by atoms with van der Waals surface area (Å²) >= 11 is 1.63. The highest BCUT2D eigenvalue weighted by molar-refractivity contribution is 7.09. The molecule has 2 rings (SSSR count). The lowest BCUT2D eigenvalue weighted by Gasteiger charge is -2.26. The van der Waals surface area contributed by atoms with Crippen molar-refractivity contribution in [3.05, 3.63) is 16.1 Å².